The number of hydrogen-bond donors (Lipinski definition) is 1. The van der Waals surface area contributed by atoms with Gasteiger partial charge in [-0.2, -0.15) is 0 Å². The molecule has 1 aliphatic heterocycles. The average Bonchev–Trinajstić information content (AvgIpc) is 2.16. The topological polar surface area (TPSA) is 49.4 Å². The molecule has 1 N–H and O–H groups in total. The molecular weight excluding hydrogens is 236 g/mol. The Hall–Kier alpha value is -1.20. The normalized spacial score (nSPS) is 14.7. The van der Waals surface area contributed by atoms with Gasteiger partial charge in [0.15, 0.2) is 0 Å². The maximum atomic E-state index is 11.3. The molecule has 1 aromatic carbocycles. The lowest BCUT2D eigenvalue weighted by atomic mass is 10.2. The smallest absolute Gasteiger partial charge is 0.263 e. The summed E-state index contributed by atoms with van der Waals surface area (Å²) in [7, 11) is 3.45. The SMILES string of the molecule is CN1C=CNc2c1cccc2S(=O)(=O)Cl. The average molecular weight is 245 g/mol. The Morgan fingerprint density at radius 2 is 2.13 bits per heavy atom. The van der Waals surface area contributed by atoms with Crippen LogP contribution in [0.4, 0.5) is 11.4 Å². The van der Waals surface area contributed by atoms with E-state index in [1.54, 1.807) is 18.5 Å². The van der Waals surface area contributed by atoms with Gasteiger partial charge in [0.1, 0.15) is 4.90 Å². The monoisotopic (exact) mass is 244 g/mol. The van der Waals surface area contributed by atoms with E-state index in [4.69, 9.17) is 10.7 Å². The van der Waals surface area contributed by atoms with Gasteiger partial charge in [-0.15, -0.1) is 0 Å². The number of fused-ring (bicyclic) bond motifs is 1. The molecule has 0 spiro atoms. The van der Waals surface area contributed by atoms with E-state index in [9.17, 15) is 8.42 Å². The van der Waals surface area contributed by atoms with Crippen LogP contribution in [-0.2, 0) is 9.05 Å². The van der Waals surface area contributed by atoms with Gasteiger partial charge in [0.25, 0.3) is 9.05 Å². The Morgan fingerprint density at radius 3 is 2.80 bits per heavy atom. The van der Waals surface area contributed by atoms with E-state index in [0.29, 0.717) is 5.69 Å². The Balaban J connectivity index is 2.68. The highest BCUT2D eigenvalue weighted by molar-refractivity contribution is 8.13. The second kappa shape index (κ2) is 3.43. The van der Waals surface area contributed by atoms with Gasteiger partial charge in [-0.1, -0.05) is 6.07 Å². The Labute approximate surface area is 92.6 Å². The van der Waals surface area contributed by atoms with Crippen molar-refractivity contribution in [2.24, 2.45) is 0 Å². The number of benzene rings is 1. The van der Waals surface area contributed by atoms with Gasteiger partial charge in [0, 0.05) is 30.1 Å². The molecule has 0 saturated heterocycles. The fourth-order valence-corrected chi connectivity index (χ4v) is 2.51. The number of nitrogens with zero attached hydrogens (tertiary/aromatic N) is 1. The van der Waals surface area contributed by atoms with Crippen molar-refractivity contribution in [3.8, 4) is 0 Å². The van der Waals surface area contributed by atoms with Crippen LogP contribution in [0.15, 0.2) is 35.5 Å². The summed E-state index contributed by atoms with van der Waals surface area (Å²) in [6, 6.07) is 4.95. The zero-order valence-corrected chi connectivity index (χ0v) is 9.51. The third-order valence-electron chi connectivity index (χ3n) is 2.17. The molecule has 0 amide bonds. The van der Waals surface area contributed by atoms with Crippen molar-refractivity contribution in [1.29, 1.82) is 0 Å². The van der Waals surface area contributed by atoms with Crippen molar-refractivity contribution in [1.82, 2.24) is 0 Å². The predicted octanol–water partition coefficient (Wildman–Crippen LogP) is 1.95. The van der Waals surface area contributed by atoms with Crippen LogP contribution in [0.25, 0.3) is 0 Å². The molecule has 0 radical (unpaired) electrons. The first kappa shape index (κ1) is 10.3. The summed E-state index contributed by atoms with van der Waals surface area (Å²) in [5.74, 6) is 0. The van der Waals surface area contributed by atoms with E-state index in [1.165, 1.54) is 6.07 Å². The maximum absolute atomic E-state index is 11.3. The van der Waals surface area contributed by atoms with Gasteiger partial charge in [-0.05, 0) is 12.1 Å². The van der Waals surface area contributed by atoms with E-state index in [1.807, 2.05) is 18.0 Å². The van der Waals surface area contributed by atoms with Crippen molar-refractivity contribution < 1.29 is 8.42 Å². The predicted molar refractivity (Wildman–Crippen MR) is 60.6 cm³/mol. The molecule has 4 nitrogen and oxygen atoms in total. The first-order valence-corrected chi connectivity index (χ1v) is 6.55. The van der Waals surface area contributed by atoms with E-state index >= 15 is 0 Å². The van der Waals surface area contributed by atoms with Crippen LogP contribution in [0, 0.1) is 0 Å². The molecular formula is C9H9ClN2O2S. The summed E-state index contributed by atoms with van der Waals surface area (Å²) in [4.78, 5) is 1.91. The number of hydrogen-bond acceptors (Lipinski definition) is 4. The largest absolute Gasteiger partial charge is 0.358 e. The molecule has 0 aromatic heterocycles. The third kappa shape index (κ3) is 1.80. The summed E-state index contributed by atoms with van der Waals surface area (Å²) >= 11 is 0. The summed E-state index contributed by atoms with van der Waals surface area (Å²) in [5.41, 5.74) is 1.29. The highest BCUT2D eigenvalue weighted by Gasteiger charge is 2.20. The van der Waals surface area contributed by atoms with Crippen LogP contribution in [0.5, 0.6) is 0 Å². The zero-order chi connectivity index (χ0) is 11.1. The van der Waals surface area contributed by atoms with Crippen molar-refractivity contribution in [3.05, 3.63) is 30.6 Å². The van der Waals surface area contributed by atoms with Crippen LogP contribution >= 0.6 is 10.7 Å². The fourth-order valence-electron chi connectivity index (χ4n) is 1.47. The van der Waals surface area contributed by atoms with Crippen molar-refractivity contribution >= 4 is 31.1 Å². The van der Waals surface area contributed by atoms with E-state index in [0.717, 1.165) is 5.69 Å². The lowest BCUT2D eigenvalue weighted by Gasteiger charge is -2.23. The molecule has 0 atom stereocenters. The van der Waals surface area contributed by atoms with Gasteiger partial charge >= 0.3 is 0 Å². The second-order valence-electron chi connectivity index (χ2n) is 3.16. The number of halogens is 1. The lowest BCUT2D eigenvalue weighted by Crippen LogP contribution is -2.16. The Kier molecular flexibility index (Phi) is 2.36. The summed E-state index contributed by atoms with van der Waals surface area (Å²) in [6.07, 6.45) is 3.46. The van der Waals surface area contributed by atoms with Gasteiger partial charge in [0.05, 0.1) is 11.4 Å². The third-order valence-corrected chi connectivity index (χ3v) is 3.54. The van der Waals surface area contributed by atoms with Gasteiger partial charge in [-0.3, -0.25) is 0 Å². The molecule has 2 rings (SSSR count). The van der Waals surface area contributed by atoms with E-state index in [-0.39, 0.29) is 4.90 Å². The fraction of sp³-hybridized carbons (Fsp3) is 0.111. The van der Waals surface area contributed by atoms with Gasteiger partial charge in [0.2, 0.25) is 0 Å². The van der Waals surface area contributed by atoms with Crippen molar-refractivity contribution in [2.75, 3.05) is 17.3 Å². The zero-order valence-electron chi connectivity index (χ0n) is 7.94. The molecule has 0 bridgehead atoms. The molecule has 0 aliphatic carbocycles. The first-order valence-electron chi connectivity index (χ1n) is 4.24. The van der Waals surface area contributed by atoms with E-state index < -0.39 is 9.05 Å². The number of anilines is 2. The van der Waals surface area contributed by atoms with Gasteiger partial charge in [-0.25, -0.2) is 8.42 Å². The van der Waals surface area contributed by atoms with Crippen molar-refractivity contribution in [3.63, 3.8) is 0 Å². The molecule has 1 heterocycles. The molecule has 15 heavy (non-hydrogen) atoms. The Bertz CT molecular complexity index is 525. The minimum atomic E-state index is -3.72. The molecule has 1 aliphatic rings. The summed E-state index contributed by atoms with van der Waals surface area (Å²) in [6.45, 7) is 0. The van der Waals surface area contributed by atoms with Crippen LogP contribution in [-0.4, -0.2) is 15.5 Å². The quantitative estimate of drug-likeness (QED) is 0.768. The summed E-state index contributed by atoms with van der Waals surface area (Å²) < 4.78 is 22.6. The summed E-state index contributed by atoms with van der Waals surface area (Å²) in [5, 5.41) is 2.88. The molecule has 1 aromatic rings. The minimum absolute atomic E-state index is 0.0952. The number of rotatable bonds is 1. The van der Waals surface area contributed by atoms with Crippen LogP contribution in [0.3, 0.4) is 0 Å². The first-order chi connectivity index (χ1) is 7.00. The molecule has 6 heteroatoms. The lowest BCUT2D eigenvalue weighted by molar-refractivity contribution is 0.610. The van der Waals surface area contributed by atoms with Crippen molar-refractivity contribution in [2.45, 2.75) is 4.90 Å². The highest BCUT2D eigenvalue weighted by atomic mass is 35.7. The highest BCUT2D eigenvalue weighted by Crippen LogP contribution is 2.35. The number of para-hydroxylation sites is 1. The second-order valence-corrected chi connectivity index (χ2v) is 5.69. The van der Waals surface area contributed by atoms with E-state index in [2.05, 4.69) is 5.32 Å². The standard InChI is InChI=1S/C9H9ClN2O2S/c1-12-6-5-11-9-7(12)3-2-4-8(9)15(10,13)14/h2-6,11H,1H3. The number of nitrogens with one attached hydrogen (secondary N) is 1. The van der Waals surface area contributed by atoms with Crippen LogP contribution in [0.1, 0.15) is 0 Å². The van der Waals surface area contributed by atoms with Crippen LogP contribution < -0.4 is 10.2 Å². The van der Waals surface area contributed by atoms with Gasteiger partial charge < -0.3 is 10.2 Å². The Morgan fingerprint density at radius 1 is 1.40 bits per heavy atom. The molecule has 80 valence electrons. The molecule has 0 unspecified atom stereocenters. The maximum Gasteiger partial charge on any atom is 0.263 e. The molecule has 0 fully saturated rings. The minimum Gasteiger partial charge on any atom is -0.358 e. The van der Waals surface area contributed by atoms with Crippen LogP contribution in [0.2, 0.25) is 0 Å². The molecule has 0 saturated carbocycles.